The maximum absolute atomic E-state index is 12.1. The lowest BCUT2D eigenvalue weighted by molar-refractivity contribution is 0.0799. The lowest BCUT2D eigenvalue weighted by Crippen LogP contribution is -2.42. The molecule has 0 spiro atoms. The smallest absolute Gasteiger partial charge is 0.268 e. The molecule has 0 aliphatic heterocycles. The second-order valence-corrected chi connectivity index (χ2v) is 5.55. The van der Waals surface area contributed by atoms with Gasteiger partial charge in [0.2, 0.25) is 0 Å². The van der Waals surface area contributed by atoms with Crippen LogP contribution in [0.3, 0.4) is 0 Å². The Balaban J connectivity index is 2.69. The van der Waals surface area contributed by atoms with E-state index in [1.54, 1.807) is 4.57 Å². The summed E-state index contributed by atoms with van der Waals surface area (Å²) in [6.07, 6.45) is 1.86. The molecule has 0 aliphatic rings. The van der Waals surface area contributed by atoms with E-state index in [1.165, 1.54) is 0 Å². The Morgan fingerprint density at radius 3 is 2.67 bits per heavy atom. The van der Waals surface area contributed by atoms with E-state index in [4.69, 9.17) is 4.74 Å². The first-order valence-electron chi connectivity index (χ1n) is 6.16. The van der Waals surface area contributed by atoms with Crippen LogP contribution in [0.1, 0.15) is 31.3 Å². The lowest BCUT2D eigenvalue weighted by atomic mass is 10.1. The van der Waals surface area contributed by atoms with Crippen LogP contribution < -0.4 is 5.32 Å². The Kier molecular flexibility index (Phi) is 5.88. The molecule has 0 bridgehead atoms. The minimum Gasteiger partial charge on any atom is -0.380 e. The molecule has 1 N–H and O–H groups in total. The monoisotopic (exact) mass is 316 g/mol. The minimum atomic E-state index is -0.0680. The van der Waals surface area contributed by atoms with Crippen molar-refractivity contribution in [3.63, 3.8) is 0 Å². The van der Waals surface area contributed by atoms with Gasteiger partial charge < -0.3 is 14.6 Å². The summed E-state index contributed by atoms with van der Waals surface area (Å²) in [6, 6.07) is 1.85. The highest BCUT2D eigenvalue weighted by Crippen LogP contribution is 2.14. The largest absolute Gasteiger partial charge is 0.380 e. The van der Waals surface area contributed by atoms with Crippen molar-refractivity contribution in [3.05, 3.63) is 22.4 Å². The highest BCUT2D eigenvalue weighted by atomic mass is 79.9. The quantitative estimate of drug-likeness (QED) is 0.876. The molecule has 18 heavy (non-hydrogen) atoms. The molecule has 4 nitrogen and oxygen atoms in total. The van der Waals surface area contributed by atoms with Crippen LogP contribution in [0.15, 0.2) is 16.7 Å². The number of carbonyl (C=O) groups excluding carboxylic acids is 1. The number of amides is 1. The van der Waals surface area contributed by atoms with Gasteiger partial charge in [0.05, 0.1) is 12.6 Å². The SMILES string of the molecule is CCOCC(NC(=O)c1cc(Br)cn1C)C(C)C. The van der Waals surface area contributed by atoms with Gasteiger partial charge in [-0.3, -0.25) is 4.79 Å². The zero-order valence-corrected chi connectivity index (χ0v) is 13.0. The predicted molar refractivity (Wildman–Crippen MR) is 75.7 cm³/mol. The molecule has 1 rings (SSSR count). The van der Waals surface area contributed by atoms with Crippen molar-refractivity contribution in [2.75, 3.05) is 13.2 Å². The van der Waals surface area contributed by atoms with E-state index < -0.39 is 0 Å². The number of nitrogens with zero attached hydrogens (tertiary/aromatic N) is 1. The predicted octanol–water partition coefficient (Wildman–Crippen LogP) is 2.58. The van der Waals surface area contributed by atoms with E-state index >= 15 is 0 Å². The van der Waals surface area contributed by atoms with Gasteiger partial charge in [-0.25, -0.2) is 0 Å². The van der Waals surface area contributed by atoms with Crippen molar-refractivity contribution in [1.82, 2.24) is 9.88 Å². The average molecular weight is 317 g/mol. The van der Waals surface area contributed by atoms with Gasteiger partial charge in [-0.2, -0.15) is 0 Å². The van der Waals surface area contributed by atoms with Crippen LogP contribution in [-0.4, -0.2) is 29.7 Å². The highest BCUT2D eigenvalue weighted by Gasteiger charge is 2.19. The number of nitrogens with one attached hydrogen (secondary N) is 1. The molecule has 0 radical (unpaired) electrons. The first-order valence-corrected chi connectivity index (χ1v) is 6.95. The van der Waals surface area contributed by atoms with E-state index in [0.717, 1.165) is 4.47 Å². The lowest BCUT2D eigenvalue weighted by Gasteiger charge is -2.22. The van der Waals surface area contributed by atoms with Gasteiger partial charge >= 0.3 is 0 Å². The molecule has 0 fully saturated rings. The minimum absolute atomic E-state index is 0.0334. The topological polar surface area (TPSA) is 43.3 Å². The normalized spacial score (nSPS) is 12.8. The fourth-order valence-electron chi connectivity index (χ4n) is 1.64. The Morgan fingerprint density at radius 1 is 1.56 bits per heavy atom. The van der Waals surface area contributed by atoms with E-state index in [1.807, 2.05) is 26.2 Å². The number of halogens is 1. The average Bonchev–Trinajstić information content (AvgIpc) is 2.63. The molecule has 0 aromatic carbocycles. The third kappa shape index (κ3) is 4.14. The number of hydrogen-bond acceptors (Lipinski definition) is 2. The fourth-order valence-corrected chi connectivity index (χ4v) is 2.16. The standard InChI is InChI=1S/C13H21BrN2O2/c1-5-18-8-11(9(2)3)15-13(17)12-6-10(14)7-16(12)4/h6-7,9,11H,5,8H2,1-4H3,(H,15,17). The Bertz CT molecular complexity index is 402. The van der Waals surface area contributed by atoms with Crippen LogP contribution >= 0.6 is 15.9 Å². The number of rotatable bonds is 6. The molecule has 1 unspecified atom stereocenters. The van der Waals surface area contributed by atoms with Crippen LogP contribution in [0.2, 0.25) is 0 Å². The summed E-state index contributed by atoms with van der Waals surface area (Å²) in [5.74, 6) is 0.269. The number of carbonyl (C=O) groups is 1. The molecule has 5 heteroatoms. The first-order chi connectivity index (χ1) is 8.45. The second kappa shape index (κ2) is 6.95. The Labute approximate surface area is 117 Å². The van der Waals surface area contributed by atoms with Gasteiger partial charge in [0.1, 0.15) is 5.69 Å². The van der Waals surface area contributed by atoms with Crippen LogP contribution in [0, 0.1) is 5.92 Å². The summed E-state index contributed by atoms with van der Waals surface area (Å²) in [5, 5.41) is 3.02. The number of aryl methyl sites for hydroxylation is 1. The number of hydrogen-bond donors (Lipinski definition) is 1. The summed E-state index contributed by atoms with van der Waals surface area (Å²) in [4.78, 5) is 12.1. The molecular formula is C13H21BrN2O2. The van der Waals surface area contributed by atoms with Gasteiger partial charge in [0.15, 0.2) is 0 Å². The summed E-state index contributed by atoms with van der Waals surface area (Å²) >= 11 is 3.36. The molecule has 0 saturated carbocycles. The summed E-state index contributed by atoms with van der Waals surface area (Å²) in [6.45, 7) is 7.31. The van der Waals surface area contributed by atoms with Crippen molar-refractivity contribution in [2.24, 2.45) is 13.0 Å². The molecular weight excluding hydrogens is 296 g/mol. The van der Waals surface area contributed by atoms with E-state index in [2.05, 4.69) is 35.1 Å². The van der Waals surface area contributed by atoms with Crippen molar-refractivity contribution >= 4 is 21.8 Å². The highest BCUT2D eigenvalue weighted by molar-refractivity contribution is 9.10. The maximum Gasteiger partial charge on any atom is 0.268 e. The Hall–Kier alpha value is -0.810. The molecule has 0 aliphatic carbocycles. The van der Waals surface area contributed by atoms with Crippen molar-refractivity contribution in [1.29, 1.82) is 0 Å². The van der Waals surface area contributed by atoms with Gasteiger partial charge in [0, 0.05) is 24.3 Å². The van der Waals surface area contributed by atoms with E-state index in [0.29, 0.717) is 24.8 Å². The third-order valence-corrected chi connectivity index (χ3v) is 3.26. The van der Waals surface area contributed by atoms with Gasteiger partial charge in [-0.05, 0) is 34.8 Å². The molecule has 102 valence electrons. The number of aromatic nitrogens is 1. The molecule has 1 aromatic heterocycles. The van der Waals surface area contributed by atoms with E-state index in [-0.39, 0.29) is 11.9 Å². The third-order valence-electron chi connectivity index (χ3n) is 2.83. The summed E-state index contributed by atoms with van der Waals surface area (Å²) < 4.78 is 8.11. The van der Waals surface area contributed by atoms with Gasteiger partial charge in [-0.15, -0.1) is 0 Å². The zero-order chi connectivity index (χ0) is 13.7. The zero-order valence-electron chi connectivity index (χ0n) is 11.4. The van der Waals surface area contributed by atoms with E-state index in [9.17, 15) is 4.79 Å². The van der Waals surface area contributed by atoms with Gasteiger partial charge in [0.25, 0.3) is 5.91 Å². The van der Waals surface area contributed by atoms with Crippen molar-refractivity contribution in [2.45, 2.75) is 26.8 Å². The van der Waals surface area contributed by atoms with Crippen LogP contribution in [-0.2, 0) is 11.8 Å². The summed E-state index contributed by atoms with van der Waals surface area (Å²) in [7, 11) is 1.85. The first kappa shape index (κ1) is 15.2. The van der Waals surface area contributed by atoms with Gasteiger partial charge in [-0.1, -0.05) is 13.8 Å². The molecule has 1 amide bonds. The van der Waals surface area contributed by atoms with Crippen LogP contribution in [0.25, 0.3) is 0 Å². The summed E-state index contributed by atoms with van der Waals surface area (Å²) in [5.41, 5.74) is 0.643. The maximum atomic E-state index is 12.1. The van der Waals surface area contributed by atoms with Crippen molar-refractivity contribution in [3.8, 4) is 0 Å². The van der Waals surface area contributed by atoms with Crippen molar-refractivity contribution < 1.29 is 9.53 Å². The molecule has 0 saturated heterocycles. The molecule has 1 aromatic rings. The molecule has 1 heterocycles. The Morgan fingerprint density at radius 2 is 2.22 bits per heavy atom. The second-order valence-electron chi connectivity index (χ2n) is 4.64. The fraction of sp³-hybridized carbons (Fsp3) is 0.615. The van der Waals surface area contributed by atoms with Crippen LogP contribution in [0.4, 0.5) is 0 Å². The number of ether oxygens (including phenoxy) is 1. The molecule has 1 atom stereocenters. The van der Waals surface area contributed by atoms with Crippen LogP contribution in [0.5, 0.6) is 0 Å².